The van der Waals surface area contributed by atoms with Crippen LogP contribution in [0.3, 0.4) is 0 Å². The fourth-order valence-corrected chi connectivity index (χ4v) is 1.20. The lowest BCUT2D eigenvalue weighted by atomic mass is 10.1. The number of hydrogen-bond acceptors (Lipinski definition) is 1. The van der Waals surface area contributed by atoms with Gasteiger partial charge in [0, 0.05) is 5.03 Å². The number of aryl methyl sites for hydroxylation is 1. The zero-order valence-electron chi connectivity index (χ0n) is 7.84. The first-order valence-electron chi connectivity index (χ1n) is 4.18. The molecular formula is C11H13ClO. The molecule has 0 saturated carbocycles. The quantitative estimate of drug-likeness (QED) is 0.771. The van der Waals surface area contributed by atoms with Crippen LogP contribution in [0.4, 0.5) is 0 Å². The van der Waals surface area contributed by atoms with Crippen molar-refractivity contribution in [2.45, 2.75) is 13.8 Å². The summed E-state index contributed by atoms with van der Waals surface area (Å²) in [4.78, 5) is 0. The SMILES string of the molecule is C/C(CO)=C(/Cl)c1ccc(C)cc1. The molecule has 2 heteroatoms. The largest absolute Gasteiger partial charge is 0.392 e. The average Bonchev–Trinajstić information content (AvgIpc) is 2.17. The van der Waals surface area contributed by atoms with Gasteiger partial charge in [-0.15, -0.1) is 0 Å². The second-order valence-electron chi connectivity index (χ2n) is 3.12. The summed E-state index contributed by atoms with van der Waals surface area (Å²) >= 11 is 6.03. The van der Waals surface area contributed by atoms with Gasteiger partial charge in [0.05, 0.1) is 6.61 Å². The van der Waals surface area contributed by atoms with E-state index in [4.69, 9.17) is 16.7 Å². The van der Waals surface area contributed by atoms with Gasteiger partial charge in [-0.3, -0.25) is 0 Å². The maximum atomic E-state index is 8.88. The fraction of sp³-hybridized carbons (Fsp3) is 0.273. The van der Waals surface area contributed by atoms with Crippen LogP contribution in [-0.4, -0.2) is 11.7 Å². The van der Waals surface area contributed by atoms with Crippen LogP contribution in [0, 0.1) is 6.92 Å². The first-order valence-corrected chi connectivity index (χ1v) is 4.56. The molecular weight excluding hydrogens is 184 g/mol. The molecule has 1 N–H and O–H groups in total. The third-order valence-electron chi connectivity index (χ3n) is 1.92. The van der Waals surface area contributed by atoms with Crippen LogP contribution in [0.15, 0.2) is 29.8 Å². The molecule has 1 nitrogen and oxygen atoms in total. The lowest BCUT2D eigenvalue weighted by molar-refractivity contribution is 0.332. The minimum absolute atomic E-state index is 0.00666. The number of benzene rings is 1. The van der Waals surface area contributed by atoms with Crippen molar-refractivity contribution in [3.05, 3.63) is 41.0 Å². The van der Waals surface area contributed by atoms with Crippen molar-refractivity contribution in [2.24, 2.45) is 0 Å². The first kappa shape index (κ1) is 10.3. The second kappa shape index (κ2) is 4.45. The Morgan fingerprint density at radius 1 is 1.31 bits per heavy atom. The summed E-state index contributed by atoms with van der Waals surface area (Å²) in [6, 6.07) is 7.92. The molecule has 0 amide bonds. The number of aliphatic hydroxyl groups excluding tert-OH is 1. The van der Waals surface area contributed by atoms with Gasteiger partial charge in [-0.25, -0.2) is 0 Å². The van der Waals surface area contributed by atoms with E-state index in [1.165, 1.54) is 5.56 Å². The molecule has 13 heavy (non-hydrogen) atoms. The second-order valence-corrected chi connectivity index (χ2v) is 3.50. The lowest BCUT2D eigenvalue weighted by Gasteiger charge is -2.03. The minimum atomic E-state index is 0.00666. The van der Waals surface area contributed by atoms with Crippen molar-refractivity contribution in [1.82, 2.24) is 0 Å². The molecule has 0 aromatic heterocycles. The molecule has 0 spiro atoms. The molecule has 0 atom stereocenters. The predicted molar refractivity (Wildman–Crippen MR) is 56.7 cm³/mol. The Kier molecular flexibility index (Phi) is 3.52. The Hall–Kier alpha value is -0.790. The van der Waals surface area contributed by atoms with E-state index in [0.29, 0.717) is 5.03 Å². The van der Waals surface area contributed by atoms with E-state index in [-0.39, 0.29) is 6.61 Å². The minimum Gasteiger partial charge on any atom is -0.392 e. The summed E-state index contributed by atoms with van der Waals surface area (Å²) in [5, 5.41) is 9.52. The summed E-state index contributed by atoms with van der Waals surface area (Å²) in [5.74, 6) is 0. The van der Waals surface area contributed by atoms with Crippen LogP contribution < -0.4 is 0 Å². The van der Waals surface area contributed by atoms with Gasteiger partial charge in [-0.1, -0.05) is 41.4 Å². The highest BCUT2D eigenvalue weighted by Crippen LogP contribution is 2.22. The molecule has 1 rings (SSSR count). The van der Waals surface area contributed by atoms with Gasteiger partial charge < -0.3 is 5.11 Å². The molecule has 0 aliphatic heterocycles. The van der Waals surface area contributed by atoms with E-state index in [0.717, 1.165) is 11.1 Å². The standard InChI is InChI=1S/C11H13ClO/c1-8-3-5-10(6-4-8)11(12)9(2)7-13/h3-6,13H,7H2,1-2H3/b11-9-. The molecule has 0 radical (unpaired) electrons. The summed E-state index contributed by atoms with van der Waals surface area (Å²) in [6.07, 6.45) is 0. The van der Waals surface area contributed by atoms with Gasteiger partial charge in [0.15, 0.2) is 0 Å². The Morgan fingerprint density at radius 3 is 2.31 bits per heavy atom. The Bertz CT molecular complexity index is 311. The normalized spacial score (nSPS) is 12.6. The smallest absolute Gasteiger partial charge is 0.0656 e. The van der Waals surface area contributed by atoms with E-state index in [1.807, 2.05) is 38.1 Å². The van der Waals surface area contributed by atoms with Crippen molar-refractivity contribution >= 4 is 16.6 Å². The molecule has 1 aromatic rings. The third-order valence-corrected chi connectivity index (χ3v) is 2.46. The van der Waals surface area contributed by atoms with E-state index < -0.39 is 0 Å². The van der Waals surface area contributed by atoms with Gasteiger partial charge in [0.25, 0.3) is 0 Å². The van der Waals surface area contributed by atoms with Gasteiger partial charge in [-0.2, -0.15) is 0 Å². The van der Waals surface area contributed by atoms with Crippen molar-refractivity contribution in [2.75, 3.05) is 6.61 Å². The molecule has 70 valence electrons. The maximum Gasteiger partial charge on any atom is 0.0656 e. The van der Waals surface area contributed by atoms with Gasteiger partial charge in [-0.05, 0) is 25.0 Å². The molecule has 0 saturated heterocycles. The number of hydrogen-bond donors (Lipinski definition) is 1. The van der Waals surface area contributed by atoms with Gasteiger partial charge in [0.1, 0.15) is 0 Å². The van der Waals surface area contributed by atoms with Crippen LogP contribution in [0.1, 0.15) is 18.1 Å². The Balaban J connectivity index is 3.02. The van der Waals surface area contributed by atoms with E-state index >= 15 is 0 Å². The summed E-state index contributed by atoms with van der Waals surface area (Å²) in [6.45, 7) is 3.86. The van der Waals surface area contributed by atoms with Crippen molar-refractivity contribution in [3.63, 3.8) is 0 Å². The molecule has 0 heterocycles. The Morgan fingerprint density at radius 2 is 1.85 bits per heavy atom. The number of aliphatic hydroxyl groups is 1. The topological polar surface area (TPSA) is 20.2 Å². The average molecular weight is 197 g/mol. The Labute approximate surface area is 83.7 Å². The van der Waals surface area contributed by atoms with Crippen molar-refractivity contribution in [3.8, 4) is 0 Å². The van der Waals surface area contributed by atoms with Gasteiger partial charge >= 0.3 is 0 Å². The van der Waals surface area contributed by atoms with Crippen LogP contribution in [0.2, 0.25) is 0 Å². The van der Waals surface area contributed by atoms with Crippen LogP contribution in [0.5, 0.6) is 0 Å². The fourth-order valence-electron chi connectivity index (χ4n) is 1.02. The molecule has 0 unspecified atom stereocenters. The van der Waals surface area contributed by atoms with E-state index in [1.54, 1.807) is 0 Å². The number of rotatable bonds is 2. The molecule has 1 aromatic carbocycles. The zero-order valence-corrected chi connectivity index (χ0v) is 8.60. The van der Waals surface area contributed by atoms with E-state index in [9.17, 15) is 0 Å². The third kappa shape index (κ3) is 2.58. The van der Waals surface area contributed by atoms with Crippen LogP contribution >= 0.6 is 11.6 Å². The predicted octanol–water partition coefficient (Wildman–Crippen LogP) is 2.96. The summed E-state index contributed by atoms with van der Waals surface area (Å²) in [7, 11) is 0. The maximum absolute atomic E-state index is 8.88. The van der Waals surface area contributed by atoms with Crippen LogP contribution in [0.25, 0.3) is 5.03 Å². The molecule has 0 aliphatic rings. The molecule has 0 bridgehead atoms. The summed E-state index contributed by atoms with van der Waals surface area (Å²) in [5.41, 5.74) is 2.96. The highest BCUT2D eigenvalue weighted by molar-refractivity contribution is 6.49. The zero-order chi connectivity index (χ0) is 9.84. The molecule has 0 aliphatic carbocycles. The van der Waals surface area contributed by atoms with Crippen molar-refractivity contribution in [1.29, 1.82) is 0 Å². The van der Waals surface area contributed by atoms with Crippen LogP contribution in [-0.2, 0) is 0 Å². The highest BCUT2D eigenvalue weighted by atomic mass is 35.5. The molecule has 0 fully saturated rings. The highest BCUT2D eigenvalue weighted by Gasteiger charge is 2.01. The first-order chi connectivity index (χ1) is 6.15. The van der Waals surface area contributed by atoms with Crippen molar-refractivity contribution < 1.29 is 5.11 Å². The monoisotopic (exact) mass is 196 g/mol. The van der Waals surface area contributed by atoms with Gasteiger partial charge in [0.2, 0.25) is 0 Å². The van der Waals surface area contributed by atoms with E-state index in [2.05, 4.69) is 0 Å². The number of halogens is 1. The lowest BCUT2D eigenvalue weighted by Crippen LogP contribution is -1.88. The summed E-state index contributed by atoms with van der Waals surface area (Å²) < 4.78 is 0.